The normalized spacial score (nSPS) is 22.3. The number of aryl methyl sites for hydroxylation is 1. The van der Waals surface area contributed by atoms with Gasteiger partial charge in [0.15, 0.2) is 5.75 Å². The molecule has 1 aromatic carbocycles. The van der Waals surface area contributed by atoms with E-state index in [-0.39, 0.29) is 17.2 Å². The predicted molar refractivity (Wildman–Crippen MR) is 125 cm³/mol. The fraction of sp³-hybridized carbons (Fsp3) is 0.417. The van der Waals surface area contributed by atoms with Gasteiger partial charge in [-0.05, 0) is 43.2 Å². The van der Waals surface area contributed by atoms with Crippen LogP contribution in [0.1, 0.15) is 32.0 Å². The van der Waals surface area contributed by atoms with Gasteiger partial charge in [-0.3, -0.25) is 0 Å². The lowest BCUT2D eigenvalue weighted by atomic mass is 9.83. The maximum atomic E-state index is 14.5. The van der Waals surface area contributed by atoms with E-state index in [0.29, 0.717) is 28.8 Å². The first kappa shape index (κ1) is 20.1. The average molecular weight is 448 g/mol. The number of aromatic nitrogens is 5. The lowest BCUT2D eigenvalue weighted by molar-refractivity contribution is 0.307. The maximum absolute atomic E-state index is 14.5. The van der Waals surface area contributed by atoms with Gasteiger partial charge in [0.1, 0.15) is 23.1 Å². The molecule has 0 spiro atoms. The van der Waals surface area contributed by atoms with Crippen molar-refractivity contribution in [3.8, 4) is 11.8 Å². The second kappa shape index (κ2) is 7.26. The molecule has 3 aromatic heterocycles. The van der Waals surface area contributed by atoms with E-state index < -0.39 is 0 Å². The zero-order chi connectivity index (χ0) is 22.7. The van der Waals surface area contributed by atoms with E-state index in [4.69, 9.17) is 9.72 Å². The number of hydrogen-bond donors (Lipinski definition) is 2. The Morgan fingerprint density at radius 2 is 2.06 bits per heavy atom. The minimum atomic E-state index is -0.305. The number of halogens is 1. The third-order valence-corrected chi connectivity index (χ3v) is 7.30. The quantitative estimate of drug-likeness (QED) is 0.464. The summed E-state index contributed by atoms with van der Waals surface area (Å²) in [6.07, 6.45) is 6.95. The first-order chi connectivity index (χ1) is 15.9. The molecule has 2 atom stereocenters. The molecule has 1 aliphatic heterocycles. The molecule has 6 rings (SSSR count). The Bertz CT molecular complexity index is 1370. The third kappa shape index (κ3) is 3.25. The van der Waals surface area contributed by atoms with Crippen LogP contribution < -0.4 is 15.0 Å². The van der Waals surface area contributed by atoms with Crippen molar-refractivity contribution in [2.45, 2.75) is 33.1 Å². The molecule has 2 fully saturated rings. The Balaban J connectivity index is 1.53. The number of ether oxygens (including phenoxy) is 1. The van der Waals surface area contributed by atoms with Crippen LogP contribution in [0.5, 0.6) is 11.8 Å². The van der Waals surface area contributed by atoms with Crippen LogP contribution in [-0.2, 0) is 0 Å². The standard InChI is InChI=1S/C24H26FN7O/c1-13-27-9-16(10-28-13)33-23-30-21-19(17-7-15(25)8-18(26-3)20(17)29-21)22(31-23)32-11-14-5-4-6-24(14,2)12-32/h7-10,14,26H,4-6,11-12H2,1-3H3,(H,29,30,31). The molecule has 170 valence electrons. The fourth-order valence-electron chi connectivity index (χ4n) is 5.59. The van der Waals surface area contributed by atoms with E-state index >= 15 is 0 Å². The van der Waals surface area contributed by atoms with Crippen LogP contribution in [0.25, 0.3) is 21.9 Å². The molecule has 0 bridgehead atoms. The van der Waals surface area contributed by atoms with Gasteiger partial charge in [-0.1, -0.05) is 13.3 Å². The molecule has 2 N–H and O–H groups in total. The van der Waals surface area contributed by atoms with Crippen LogP contribution in [0.3, 0.4) is 0 Å². The van der Waals surface area contributed by atoms with Crippen LogP contribution in [0.2, 0.25) is 0 Å². The molecular formula is C24H26FN7O. The van der Waals surface area contributed by atoms with Crippen molar-refractivity contribution in [2.75, 3.05) is 30.4 Å². The largest absolute Gasteiger partial charge is 0.421 e. The SMILES string of the molecule is CNc1cc(F)cc2c1[nH]c1nc(Oc3cnc(C)nc3)nc(N3CC4CCCC4(C)C3)c12. The summed E-state index contributed by atoms with van der Waals surface area (Å²) in [5, 5.41) is 4.66. The van der Waals surface area contributed by atoms with Crippen LogP contribution >= 0.6 is 0 Å². The van der Waals surface area contributed by atoms with E-state index in [1.54, 1.807) is 25.5 Å². The Hall–Kier alpha value is -3.49. The van der Waals surface area contributed by atoms with Crippen molar-refractivity contribution in [3.63, 3.8) is 0 Å². The van der Waals surface area contributed by atoms with Crippen LogP contribution in [-0.4, -0.2) is 45.1 Å². The number of H-pyrrole nitrogens is 1. The molecular weight excluding hydrogens is 421 g/mol. The monoisotopic (exact) mass is 447 g/mol. The maximum Gasteiger partial charge on any atom is 0.326 e. The highest BCUT2D eigenvalue weighted by Gasteiger charge is 2.46. The van der Waals surface area contributed by atoms with Crippen molar-refractivity contribution in [1.82, 2.24) is 24.9 Å². The van der Waals surface area contributed by atoms with E-state index in [9.17, 15) is 4.39 Å². The van der Waals surface area contributed by atoms with Crippen molar-refractivity contribution in [3.05, 3.63) is 36.2 Å². The lowest BCUT2D eigenvalue weighted by Gasteiger charge is -2.24. The number of fused-ring (bicyclic) bond motifs is 4. The van der Waals surface area contributed by atoms with Gasteiger partial charge in [0.05, 0.1) is 29.0 Å². The number of aromatic amines is 1. The molecule has 1 saturated carbocycles. The van der Waals surface area contributed by atoms with Crippen LogP contribution in [0.4, 0.5) is 15.9 Å². The zero-order valence-corrected chi connectivity index (χ0v) is 18.9. The predicted octanol–water partition coefficient (Wildman–Crippen LogP) is 4.81. The first-order valence-corrected chi connectivity index (χ1v) is 11.4. The van der Waals surface area contributed by atoms with Gasteiger partial charge in [0.25, 0.3) is 0 Å². The molecule has 0 radical (unpaired) electrons. The molecule has 8 nitrogen and oxygen atoms in total. The molecule has 4 heterocycles. The zero-order valence-electron chi connectivity index (χ0n) is 18.9. The van der Waals surface area contributed by atoms with Crippen molar-refractivity contribution < 1.29 is 9.13 Å². The molecule has 2 aliphatic rings. The molecule has 33 heavy (non-hydrogen) atoms. The van der Waals surface area contributed by atoms with Gasteiger partial charge >= 0.3 is 6.01 Å². The summed E-state index contributed by atoms with van der Waals surface area (Å²) in [7, 11) is 1.78. The number of rotatable bonds is 4. The Labute approximate surface area is 190 Å². The Kier molecular flexibility index (Phi) is 4.43. The summed E-state index contributed by atoms with van der Waals surface area (Å²) in [5.41, 5.74) is 2.36. The number of anilines is 2. The number of nitrogens with one attached hydrogen (secondary N) is 2. The van der Waals surface area contributed by atoms with Gasteiger partial charge in [0, 0.05) is 25.5 Å². The summed E-state index contributed by atoms with van der Waals surface area (Å²) in [5.74, 6) is 2.23. The van der Waals surface area contributed by atoms with Crippen LogP contribution in [0, 0.1) is 24.1 Å². The highest BCUT2D eigenvalue weighted by Crippen LogP contribution is 2.50. The molecule has 1 saturated heterocycles. The first-order valence-electron chi connectivity index (χ1n) is 11.4. The summed E-state index contributed by atoms with van der Waals surface area (Å²) in [6, 6.07) is 3.24. The Morgan fingerprint density at radius 1 is 1.24 bits per heavy atom. The number of hydrogen-bond acceptors (Lipinski definition) is 7. The fourth-order valence-corrected chi connectivity index (χ4v) is 5.59. The van der Waals surface area contributed by atoms with Crippen molar-refractivity contribution >= 4 is 33.4 Å². The van der Waals surface area contributed by atoms with Gasteiger partial charge in [-0.2, -0.15) is 9.97 Å². The number of nitrogens with zero attached hydrogens (tertiary/aromatic N) is 5. The molecule has 9 heteroatoms. The summed E-state index contributed by atoms with van der Waals surface area (Å²) in [4.78, 5) is 23.5. The van der Waals surface area contributed by atoms with Crippen molar-refractivity contribution in [1.29, 1.82) is 0 Å². The molecule has 4 aromatic rings. The lowest BCUT2D eigenvalue weighted by Crippen LogP contribution is -2.25. The molecule has 2 unspecified atom stereocenters. The van der Waals surface area contributed by atoms with E-state index in [2.05, 4.69) is 37.1 Å². The highest BCUT2D eigenvalue weighted by molar-refractivity contribution is 6.14. The second-order valence-electron chi connectivity index (χ2n) is 9.50. The van der Waals surface area contributed by atoms with Crippen LogP contribution in [0.15, 0.2) is 24.5 Å². The minimum Gasteiger partial charge on any atom is -0.421 e. The van der Waals surface area contributed by atoms with Gasteiger partial charge in [0.2, 0.25) is 0 Å². The van der Waals surface area contributed by atoms with Gasteiger partial charge in [-0.15, -0.1) is 0 Å². The molecule has 1 aliphatic carbocycles. The summed E-state index contributed by atoms with van der Waals surface area (Å²) in [6.45, 7) is 6.03. The third-order valence-electron chi connectivity index (χ3n) is 7.30. The van der Waals surface area contributed by atoms with Gasteiger partial charge in [-0.25, -0.2) is 14.4 Å². The topological polar surface area (TPSA) is 91.8 Å². The second-order valence-corrected chi connectivity index (χ2v) is 9.50. The summed E-state index contributed by atoms with van der Waals surface area (Å²) < 4.78 is 20.5. The van der Waals surface area contributed by atoms with E-state index in [1.807, 2.05) is 6.92 Å². The summed E-state index contributed by atoms with van der Waals surface area (Å²) >= 11 is 0. The smallest absolute Gasteiger partial charge is 0.326 e. The minimum absolute atomic E-state index is 0.213. The highest BCUT2D eigenvalue weighted by atomic mass is 19.1. The average Bonchev–Trinajstić information content (AvgIpc) is 3.43. The number of benzene rings is 1. The van der Waals surface area contributed by atoms with Gasteiger partial charge < -0.3 is 19.9 Å². The molecule has 0 amide bonds. The van der Waals surface area contributed by atoms with E-state index in [0.717, 1.165) is 35.2 Å². The van der Waals surface area contributed by atoms with E-state index in [1.165, 1.54) is 25.3 Å². The Morgan fingerprint density at radius 3 is 2.82 bits per heavy atom. The van der Waals surface area contributed by atoms with Crippen molar-refractivity contribution in [2.24, 2.45) is 11.3 Å².